The minimum atomic E-state index is -0.503. The van der Waals surface area contributed by atoms with Crippen molar-refractivity contribution in [3.63, 3.8) is 0 Å². The zero-order valence-electron chi connectivity index (χ0n) is 16.4. The van der Waals surface area contributed by atoms with Gasteiger partial charge in [-0.05, 0) is 43.7 Å². The number of benzene rings is 1. The topological polar surface area (TPSA) is 99.6 Å². The number of aromatic nitrogens is 2. The molecule has 0 radical (unpaired) electrons. The van der Waals surface area contributed by atoms with Crippen LogP contribution in [0.15, 0.2) is 36.7 Å². The number of amides is 1. The number of anilines is 1. The lowest BCUT2D eigenvalue weighted by Crippen LogP contribution is -2.16. The first-order valence-corrected chi connectivity index (χ1v) is 10.2. The van der Waals surface area contributed by atoms with Gasteiger partial charge >= 0.3 is 5.97 Å². The van der Waals surface area contributed by atoms with Crippen molar-refractivity contribution in [1.82, 2.24) is 9.97 Å². The number of nitrogens with one attached hydrogen (secondary N) is 1. The van der Waals surface area contributed by atoms with E-state index in [1.165, 1.54) is 23.7 Å². The standard InChI is InChI=1S/C21H19N3O5S/c1-3-27-21(26)19-14(24-20(25)15-11-22-12(2)10-23-15)9-18(30-19)13-4-5-16-17(8-13)29-7-6-28-16/h4-5,8-11H,3,6-7H2,1-2H3,(H,24,25). The van der Waals surface area contributed by atoms with E-state index in [2.05, 4.69) is 15.3 Å². The van der Waals surface area contributed by atoms with E-state index in [0.717, 1.165) is 10.4 Å². The van der Waals surface area contributed by atoms with Crippen molar-refractivity contribution in [1.29, 1.82) is 0 Å². The molecule has 2 aromatic heterocycles. The minimum Gasteiger partial charge on any atom is -0.486 e. The summed E-state index contributed by atoms with van der Waals surface area (Å²) < 4.78 is 16.4. The van der Waals surface area contributed by atoms with Crippen molar-refractivity contribution in [2.45, 2.75) is 13.8 Å². The summed E-state index contributed by atoms with van der Waals surface area (Å²) in [5, 5.41) is 2.75. The fraction of sp³-hybridized carbons (Fsp3) is 0.238. The zero-order valence-corrected chi connectivity index (χ0v) is 17.2. The number of hydrogen-bond acceptors (Lipinski definition) is 8. The van der Waals surface area contributed by atoms with E-state index in [1.54, 1.807) is 19.9 Å². The Morgan fingerprint density at radius 2 is 1.93 bits per heavy atom. The Hall–Kier alpha value is -3.46. The first-order valence-electron chi connectivity index (χ1n) is 9.36. The highest BCUT2D eigenvalue weighted by Gasteiger charge is 2.22. The van der Waals surface area contributed by atoms with Crippen LogP contribution in [0.5, 0.6) is 11.5 Å². The van der Waals surface area contributed by atoms with Gasteiger partial charge in [0.05, 0.1) is 24.2 Å². The second-order valence-electron chi connectivity index (χ2n) is 6.43. The number of carbonyl (C=O) groups is 2. The number of rotatable bonds is 5. The van der Waals surface area contributed by atoms with Gasteiger partial charge in [0.25, 0.3) is 5.91 Å². The molecule has 8 nitrogen and oxygen atoms in total. The number of carbonyl (C=O) groups excluding carboxylic acids is 2. The van der Waals surface area contributed by atoms with E-state index in [9.17, 15) is 9.59 Å². The number of esters is 1. The molecule has 1 aliphatic rings. The third-order valence-electron chi connectivity index (χ3n) is 4.28. The van der Waals surface area contributed by atoms with Gasteiger partial charge in [-0.1, -0.05) is 0 Å². The molecule has 0 bridgehead atoms. The third-order valence-corrected chi connectivity index (χ3v) is 5.45. The van der Waals surface area contributed by atoms with Crippen LogP contribution in [0.4, 0.5) is 5.69 Å². The van der Waals surface area contributed by atoms with E-state index < -0.39 is 11.9 Å². The van der Waals surface area contributed by atoms with Crippen molar-refractivity contribution < 1.29 is 23.8 Å². The van der Waals surface area contributed by atoms with Gasteiger partial charge in [-0.15, -0.1) is 11.3 Å². The van der Waals surface area contributed by atoms with Gasteiger partial charge in [0.1, 0.15) is 23.8 Å². The van der Waals surface area contributed by atoms with Crippen LogP contribution < -0.4 is 14.8 Å². The summed E-state index contributed by atoms with van der Waals surface area (Å²) in [4.78, 5) is 34.3. The lowest BCUT2D eigenvalue weighted by molar-refractivity contribution is 0.0533. The first-order chi connectivity index (χ1) is 14.5. The third kappa shape index (κ3) is 4.11. The molecule has 0 aliphatic carbocycles. The fourth-order valence-corrected chi connectivity index (χ4v) is 3.87. The number of hydrogen-bond donors (Lipinski definition) is 1. The maximum Gasteiger partial charge on any atom is 0.350 e. The Kier molecular flexibility index (Phi) is 5.62. The molecular weight excluding hydrogens is 406 g/mol. The molecule has 0 saturated carbocycles. The highest BCUT2D eigenvalue weighted by molar-refractivity contribution is 7.18. The summed E-state index contributed by atoms with van der Waals surface area (Å²) in [6.45, 7) is 4.73. The number of aryl methyl sites for hydroxylation is 1. The molecule has 9 heteroatoms. The predicted octanol–water partition coefficient (Wildman–Crippen LogP) is 3.71. The van der Waals surface area contributed by atoms with Gasteiger partial charge in [-0.2, -0.15) is 0 Å². The van der Waals surface area contributed by atoms with Crippen molar-refractivity contribution in [2.75, 3.05) is 25.1 Å². The monoisotopic (exact) mass is 425 g/mol. The van der Waals surface area contributed by atoms with E-state index in [4.69, 9.17) is 14.2 Å². The van der Waals surface area contributed by atoms with Crippen LogP contribution in [-0.2, 0) is 4.74 Å². The van der Waals surface area contributed by atoms with Gasteiger partial charge in [0.15, 0.2) is 11.5 Å². The quantitative estimate of drug-likeness (QED) is 0.622. The molecule has 0 atom stereocenters. The molecule has 3 heterocycles. The molecule has 3 aromatic rings. The number of nitrogens with zero attached hydrogens (tertiary/aromatic N) is 2. The summed E-state index contributed by atoms with van der Waals surface area (Å²) in [5.74, 6) is 0.361. The molecule has 1 amide bonds. The predicted molar refractivity (Wildman–Crippen MR) is 111 cm³/mol. The lowest BCUT2D eigenvalue weighted by atomic mass is 10.1. The van der Waals surface area contributed by atoms with Gasteiger partial charge in [-0.25, -0.2) is 9.78 Å². The normalized spacial score (nSPS) is 12.3. The van der Waals surface area contributed by atoms with Crippen LogP contribution in [-0.4, -0.2) is 41.7 Å². The molecule has 0 saturated heterocycles. The largest absolute Gasteiger partial charge is 0.486 e. The minimum absolute atomic E-state index is 0.155. The molecule has 1 N–H and O–H groups in total. The highest BCUT2D eigenvalue weighted by Crippen LogP contribution is 2.40. The van der Waals surface area contributed by atoms with Crippen LogP contribution in [0, 0.1) is 6.92 Å². The molecule has 0 unspecified atom stereocenters. The summed E-state index contributed by atoms with van der Waals surface area (Å²) in [5.41, 5.74) is 2.05. The van der Waals surface area contributed by atoms with Crippen LogP contribution in [0.1, 0.15) is 32.8 Å². The van der Waals surface area contributed by atoms with Crippen LogP contribution in [0.3, 0.4) is 0 Å². The molecule has 0 fully saturated rings. The van der Waals surface area contributed by atoms with Crippen molar-refractivity contribution in [2.24, 2.45) is 0 Å². The van der Waals surface area contributed by atoms with Crippen molar-refractivity contribution in [3.05, 3.63) is 52.9 Å². The number of fused-ring (bicyclic) bond motifs is 1. The second-order valence-corrected chi connectivity index (χ2v) is 7.48. The Balaban J connectivity index is 1.67. The molecule has 154 valence electrons. The molecule has 30 heavy (non-hydrogen) atoms. The van der Waals surface area contributed by atoms with Crippen LogP contribution in [0.2, 0.25) is 0 Å². The SMILES string of the molecule is CCOC(=O)c1sc(-c2ccc3c(c2)OCCO3)cc1NC(=O)c1cnc(C)cn1. The summed E-state index contributed by atoms with van der Waals surface area (Å²) >= 11 is 1.23. The lowest BCUT2D eigenvalue weighted by Gasteiger charge is -2.18. The summed E-state index contributed by atoms with van der Waals surface area (Å²) in [7, 11) is 0. The fourth-order valence-electron chi connectivity index (χ4n) is 2.87. The van der Waals surface area contributed by atoms with E-state index in [1.807, 2.05) is 18.2 Å². The van der Waals surface area contributed by atoms with Crippen molar-refractivity contribution in [3.8, 4) is 21.9 Å². The Morgan fingerprint density at radius 1 is 1.13 bits per heavy atom. The Bertz CT molecular complexity index is 1090. The van der Waals surface area contributed by atoms with Crippen LogP contribution in [0.25, 0.3) is 10.4 Å². The summed E-state index contributed by atoms with van der Waals surface area (Å²) in [6.07, 6.45) is 2.90. The average molecular weight is 425 g/mol. The Labute approximate surface area is 176 Å². The molecule has 4 rings (SSSR count). The molecular formula is C21H19N3O5S. The average Bonchev–Trinajstić information content (AvgIpc) is 3.18. The summed E-state index contributed by atoms with van der Waals surface area (Å²) in [6, 6.07) is 7.30. The van der Waals surface area contributed by atoms with Gasteiger partial charge in [0, 0.05) is 11.1 Å². The number of thiophene rings is 1. The maximum atomic E-state index is 12.6. The van der Waals surface area contributed by atoms with Gasteiger partial charge < -0.3 is 19.5 Å². The van der Waals surface area contributed by atoms with E-state index in [0.29, 0.717) is 41.0 Å². The smallest absolute Gasteiger partial charge is 0.350 e. The first kappa shape index (κ1) is 19.8. The zero-order chi connectivity index (χ0) is 21.1. The van der Waals surface area contributed by atoms with Crippen LogP contribution >= 0.6 is 11.3 Å². The second kappa shape index (κ2) is 8.50. The Morgan fingerprint density at radius 3 is 2.67 bits per heavy atom. The maximum absolute atomic E-state index is 12.6. The van der Waals surface area contributed by atoms with E-state index in [-0.39, 0.29) is 12.3 Å². The molecule has 1 aromatic carbocycles. The molecule has 1 aliphatic heterocycles. The van der Waals surface area contributed by atoms with E-state index >= 15 is 0 Å². The van der Waals surface area contributed by atoms with Gasteiger partial charge in [0.2, 0.25) is 0 Å². The molecule has 0 spiro atoms. The number of ether oxygens (including phenoxy) is 3. The highest BCUT2D eigenvalue weighted by atomic mass is 32.1. The van der Waals surface area contributed by atoms with Crippen molar-refractivity contribution >= 4 is 28.9 Å². The van der Waals surface area contributed by atoms with Gasteiger partial charge in [-0.3, -0.25) is 9.78 Å².